The van der Waals surface area contributed by atoms with E-state index < -0.39 is 0 Å². The standard InChI is InChI=1S/C15H26N4O2S/c1-11-13(22-12(2)19-11)8-17-14(16-3)18-9-15(4-6-20)5-7-21-10-15/h20H,4-10H2,1-3H3,(H2,16,17,18). The lowest BCUT2D eigenvalue weighted by Gasteiger charge is -2.27. The molecule has 0 amide bonds. The van der Waals surface area contributed by atoms with Gasteiger partial charge in [0, 0.05) is 37.1 Å². The highest BCUT2D eigenvalue weighted by atomic mass is 32.1. The first-order chi connectivity index (χ1) is 10.6. The van der Waals surface area contributed by atoms with Crippen LogP contribution in [0.2, 0.25) is 0 Å². The van der Waals surface area contributed by atoms with Gasteiger partial charge in [-0.1, -0.05) is 0 Å². The third kappa shape index (κ3) is 4.41. The van der Waals surface area contributed by atoms with E-state index in [1.165, 1.54) is 4.88 Å². The monoisotopic (exact) mass is 326 g/mol. The number of hydrogen-bond donors (Lipinski definition) is 3. The molecule has 0 aromatic carbocycles. The second-order valence-corrected chi connectivity index (χ2v) is 7.08. The highest BCUT2D eigenvalue weighted by Crippen LogP contribution is 2.31. The Labute approximate surface area is 136 Å². The zero-order valence-corrected chi connectivity index (χ0v) is 14.4. The van der Waals surface area contributed by atoms with E-state index in [1.807, 2.05) is 13.8 Å². The van der Waals surface area contributed by atoms with Crippen molar-refractivity contribution in [1.29, 1.82) is 0 Å². The molecule has 7 heteroatoms. The Morgan fingerprint density at radius 3 is 2.82 bits per heavy atom. The molecule has 1 saturated heterocycles. The van der Waals surface area contributed by atoms with E-state index in [0.717, 1.165) is 49.2 Å². The van der Waals surface area contributed by atoms with Gasteiger partial charge < -0.3 is 20.5 Å². The van der Waals surface area contributed by atoms with Crippen LogP contribution in [-0.2, 0) is 11.3 Å². The fourth-order valence-corrected chi connectivity index (χ4v) is 3.58. The number of hydrogen-bond acceptors (Lipinski definition) is 5. The summed E-state index contributed by atoms with van der Waals surface area (Å²) in [6.07, 6.45) is 1.73. The zero-order valence-electron chi connectivity index (χ0n) is 13.6. The van der Waals surface area contributed by atoms with E-state index in [1.54, 1.807) is 18.4 Å². The summed E-state index contributed by atoms with van der Waals surface area (Å²) in [6.45, 7) is 7.19. The quantitative estimate of drug-likeness (QED) is 0.541. The van der Waals surface area contributed by atoms with E-state index in [9.17, 15) is 5.11 Å². The molecule has 1 atom stereocenters. The molecular weight excluding hydrogens is 300 g/mol. The maximum Gasteiger partial charge on any atom is 0.191 e. The van der Waals surface area contributed by atoms with Crippen molar-refractivity contribution in [3.05, 3.63) is 15.6 Å². The van der Waals surface area contributed by atoms with Crippen molar-refractivity contribution in [3.63, 3.8) is 0 Å². The van der Waals surface area contributed by atoms with Crippen LogP contribution in [0.25, 0.3) is 0 Å². The minimum Gasteiger partial charge on any atom is -0.396 e. The Hall–Kier alpha value is -1.18. The highest BCUT2D eigenvalue weighted by molar-refractivity contribution is 7.11. The smallest absolute Gasteiger partial charge is 0.191 e. The molecule has 1 aromatic heterocycles. The van der Waals surface area contributed by atoms with Crippen molar-refractivity contribution < 1.29 is 9.84 Å². The highest BCUT2D eigenvalue weighted by Gasteiger charge is 2.34. The number of thiazole rings is 1. The number of aliphatic imine (C=N–C) groups is 1. The summed E-state index contributed by atoms with van der Waals surface area (Å²) in [5.41, 5.74) is 1.09. The van der Waals surface area contributed by atoms with E-state index in [-0.39, 0.29) is 12.0 Å². The number of ether oxygens (including phenoxy) is 1. The SMILES string of the molecule is CN=C(NCc1sc(C)nc1C)NCC1(CCO)CCOC1. The molecule has 0 spiro atoms. The average Bonchev–Trinajstić information content (AvgIpc) is 3.07. The third-order valence-corrected chi connectivity index (χ3v) is 5.17. The lowest BCUT2D eigenvalue weighted by Crippen LogP contribution is -2.44. The summed E-state index contributed by atoms with van der Waals surface area (Å²) in [7, 11) is 1.77. The minimum absolute atomic E-state index is 0.0172. The molecule has 1 aliphatic heterocycles. The number of aryl methyl sites for hydroxylation is 2. The van der Waals surface area contributed by atoms with Crippen molar-refractivity contribution in [2.45, 2.75) is 33.2 Å². The van der Waals surface area contributed by atoms with Crippen LogP contribution in [-0.4, -0.2) is 49.5 Å². The van der Waals surface area contributed by atoms with Crippen LogP contribution in [0.1, 0.15) is 28.4 Å². The summed E-state index contributed by atoms with van der Waals surface area (Å²) in [6, 6.07) is 0. The summed E-state index contributed by atoms with van der Waals surface area (Å²) in [4.78, 5) is 9.93. The van der Waals surface area contributed by atoms with Gasteiger partial charge in [0.05, 0.1) is 23.9 Å². The fourth-order valence-electron chi connectivity index (χ4n) is 2.70. The first kappa shape index (κ1) is 17.2. The first-order valence-electron chi connectivity index (χ1n) is 7.64. The number of aliphatic hydroxyl groups is 1. The fraction of sp³-hybridized carbons (Fsp3) is 0.733. The molecule has 2 rings (SSSR count). The lowest BCUT2D eigenvalue weighted by atomic mass is 9.84. The average molecular weight is 326 g/mol. The minimum atomic E-state index is 0.0172. The Morgan fingerprint density at radius 1 is 1.45 bits per heavy atom. The molecule has 1 fully saturated rings. The molecule has 1 aliphatic rings. The zero-order chi connectivity index (χ0) is 16.0. The van der Waals surface area contributed by atoms with Gasteiger partial charge in [0.2, 0.25) is 0 Å². The van der Waals surface area contributed by atoms with Crippen LogP contribution in [0.3, 0.4) is 0 Å². The number of nitrogens with one attached hydrogen (secondary N) is 2. The number of aliphatic hydroxyl groups excluding tert-OH is 1. The van der Waals surface area contributed by atoms with Crippen molar-refractivity contribution in [2.75, 3.05) is 33.4 Å². The largest absolute Gasteiger partial charge is 0.396 e. The van der Waals surface area contributed by atoms with Crippen LogP contribution in [0, 0.1) is 19.3 Å². The second-order valence-electron chi connectivity index (χ2n) is 5.80. The van der Waals surface area contributed by atoms with Gasteiger partial charge in [-0.15, -0.1) is 11.3 Å². The van der Waals surface area contributed by atoms with E-state index in [4.69, 9.17) is 4.74 Å². The molecule has 6 nitrogen and oxygen atoms in total. The predicted octanol–water partition coefficient (Wildman–Crippen LogP) is 1.21. The van der Waals surface area contributed by atoms with Gasteiger partial charge in [-0.25, -0.2) is 4.98 Å². The van der Waals surface area contributed by atoms with Gasteiger partial charge in [0.15, 0.2) is 5.96 Å². The van der Waals surface area contributed by atoms with E-state index in [0.29, 0.717) is 6.61 Å². The Bertz CT molecular complexity index is 510. The van der Waals surface area contributed by atoms with Crippen LogP contribution in [0.4, 0.5) is 0 Å². The lowest BCUT2D eigenvalue weighted by molar-refractivity contribution is 0.127. The third-order valence-electron chi connectivity index (χ3n) is 4.10. The summed E-state index contributed by atoms with van der Waals surface area (Å²) in [5.74, 6) is 0.773. The molecule has 0 radical (unpaired) electrons. The molecule has 1 unspecified atom stereocenters. The summed E-state index contributed by atoms with van der Waals surface area (Å²) >= 11 is 1.71. The molecule has 3 N–H and O–H groups in total. The van der Waals surface area contributed by atoms with Gasteiger partial charge >= 0.3 is 0 Å². The Balaban J connectivity index is 1.86. The number of aromatic nitrogens is 1. The number of nitrogens with zero attached hydrogens (tertiary/aromatic N) is 2. The van der Waals surface area contributed by atoms with Gasteiger partial charge in [-0.05, 0) is 26.7 Å². The first-order valence-corrected chi connectivity index (χ1v) is 8.46. The van der Waals surface area contributed by atoms with Crippen molar-refractivity contribution in [1.82, 2.24) is 15.6 Å². The van der Waals surface area contributed by atoms with Crippen LogP contribution >= 0.6 is 11.3 Å². The molecular formula is C15H26N4O2S. The number of guanidine groups is 1. The molecule has 0 aliphatic carbocycles. The van der Waals surface area contributed by atoms with Gasteiger partial charge in [0.1, 0.15) is 0 Å². The van der Waals surface area contributed by atoms with Crippen molar-refractivity contribution >= 4 is 17.3 Å². The molecule has 1 aromatic rings. The van der Waals surface area contributed by atoms with Gasteiger partial charge in [-0.3, -0.25) is 4.99 Å². The van der Waals surface area contributed by atoms with E-state index in [2.05, 4.69) is 20.6 Å². The molecule has 124 valence electrons. The molecule has 2 heterocycles. The Morgan fingerprint density at radius 2 is 2.27 bits per heavy atom. The van der Waals surface area contributed by atoms with Crippen LogP contribution in [0.5, 0.6) is 0 Å². The van der Waals surface area contributed by atoms with Gasteiger partial charge in [-0.2, -0.15) is 0 Å². The molecule has 0 bridgehead atoms. The van der Waals surface area contributed by atoms with E-state index >= 15 is 0 Å². The Kier molecular flexibility index (Phi) is 6.16. The maximum absolute atomic E-state index is 9.26. The second kappa shape index (κ2) is 7.89. The number of rotatable bonds is 6. The molecule has 0 saturated carbocycles. The predicted molar refractivity (Wildman–Crippen MR) is 89.4 cm³/mol. The molecule has 22 heavy (non-hydrogen) atoms. The summed E-state index contributed by atoms with van der Waals surface area (Å²) < 4.78 is 5.51. The van der Waals surface area contributed by atoms with Gasteiger partial charge in [0.25, 0.3) is 0 Å². The summed E-state index contributed by atoms with van der Waals surface area (Å²) in [5, 5.41) is 17.0. The van der Waals surface area contributed by atoms with Crippen LogP contribution in [0.15, 0.2) is 4.99 Å². The van der Waals surface area contributed by atoms with Crippen molar-refractivity contribution in [2.24, 2.45) is 10.4 Å². The normalized spacial score (nSPS) is 22.1. The topological polar surface area (TPSA) is 78.8 Å². The van der Waals surface area contributed by atoms with Crippen molar-refractivity contribution in [3.8, 4) is 0 Å². The maximum atomic E-state index is 9.26. The van der Waals surface area contributed by atoms with Crippen LogP contribution < -0.4 is 10.6 Å².